The van der Waals surface area contributed by atoms with Crippen molar-refractivity contribution in [2.75, 3.05) is 0 Å². The van der Waals surface area contributed by atoms with Crippen molar-refractivity contribution in [3.63, 3.8) is 0 Å². The summed E-state index contributed by atoms with van der Waals surface area (Å²) in [6, 6.07) is 5.31. The Kier molecular flexibility index (Phi) is 2.91. The zero-order valence-corrected chi connectivity index (χ0v) is 7.80. The second-order valence-electron chi connectivity index (χ2n) is 1.91. The van der Waals surface area contributed by atoms with E-state index in [1.54, 1.807) is 12.1 Å². The first-order chi connectivity index (χ1) is 5.24. The van der Waals surface area contributed by atoms with Gasteiger partial charge in [0.2, 0.25) is 0 Å². The standard InChI is InChI=1S/C7H5BrClNO/c8-6-1-2-7(9)5(3-6)4-10-11/h1-4,11H/b10-4-. The molecule has 0 saturated heterocycles. The summed E-state index contributed by atoms with van der Waals surface area (Å²) in [6.07, 6.45) is 1.28. The van der Waals surface area contributed by atoms with Gasteiger partial charge in [-0.3, -0.25) is 0 Å². The highest BCUT2D eigenvalue weighted by Crippen LogP contribution is 2.19. The van der Waals surface area contributed by atoms with Gasteiger partial charge in [-0.1, -0.05) is 32.7 Å². The van der Waals surface area contributed by atoms with Gasteiger partial charge in [0.15, 0.2) is 0 Å². The van der Waals surface area contributed by atoms with Crippen molar-refractivity contribution >= 4 is 33.7 Å². The van der Waals surface area contributed by atoms with Crippen LogP contribution in [0.15, 0.2) is 27.8 Å². The maximum Gasteiger partial charge on any atom is 0.0749 e. The van der Waals surface area contributed by atoms with E-state index in [0.717, 1.165) is 4.47 Å². The van der Waals surface area contributed by atoms with Crippen LogP contribution in [0.2, 0.25) is 5.02 Å². The molecule has 0 aliphatic heterocycles. The van der Waals surface area contributed by atoms with Crippen molar-refractivity contribution in [2.45, 2.75) is 0 Å². The summed E-state index contributed by atoms with van der Waals surface area (Å²) >= 11 is 9.02. The number of oxime groups is 1. The fraction of sp³-hybridized carbons (Fsp3) is 0. The summed E-state index contributed by atoms with van der Waals surface area (Å²) in [7, 11) is 0. The molecule has 1 aromatic carbocycles. The summed E-state index contributed by atoms with van der Waals surface area (Å²) in [5.74, 6) is 0. The van der Waals surface area contributed by atoms with Gasteiger partial charge in [-0.2, -0.15) is 0 Å². The van der Waals surface area contributed by atoms with Crippen LogP contribution in [0.4, 0.5) is 0 Å². The van der Waals surface area contributed by atoms with Gasteiger partial charge in [0.05, 0.1) is 6.21 Å². The molecule has 0 radical (unpaired) electrons. The SMILES string of the molecule is O/N=C\c1cc(Br)ccc1Cl. The fourth-order valence-electron chi connectivity index (χ4n) is 0.676. The molecule has 4 heteroatoms. The molecule has 1 aromatic rings. The lowest BCUT2D eigenvalue weighted by Gasteiger charge is -1.96. The minimum absolute atomic E-state index is 0.561. The highest BCUT2D eigenvalue weighted by atomic mass is 79.9. The van der Waals surface area contributed by atoms with Crippen LogP contribution in [-0.4, -0.2) is 11.4 Å². The third-order valence-corrected chi connectivity index (χ3v) is 1.99. The molecule has 0 aliphatic carbocycles. The molecule has 0 amide bonds. The van der Waals surface area contributed by atoms with Crippen molar-refractivity contribution in [1.29, 1.82) is 0 Å². The van der Waals surface area contributed by atoms with E-state index in [9.17, 15) is 0 Å². The third kappa shape index (κ3) is 2.20. The summed E-state index contributed by atoms with van der Waals surface area (Å²) in [5.41, 5.74) is 0.684. The zero-order chi connectivity index (χ0) is 8.27. The summed E-state index contributed by atoms with van der Waals surface area (Å²) in [4.78, 5) is 0. The summed E-state index contributed by atoms with van der Waals surface area (Å²) in [6.45, 7) is 0. The fourth-order valence-corrected chi connectivity index (χ4v) is 1.22. The Balaban J connectivity index is 3.12. The minimum atomic E-state index is 0.561. The third-order valence-electron chi connectivity index (χ3n) is 1.15. The van der Waals surface area contributed by atoms with E-state index >= 15 is 0 Å². The number of hydrogen-bond acceptors (Lipinski definition) is 2. The molecule has 0 aliphatic rings. The molecule has 0 heterocycles. The Morgan fingerprint density at radius 1 is 1.55 bits per heavy atom. The Bertz CT molecular complexity index is 288. The largest absolute Gasteiger partial charge is 0.411 e. The number of nitrogens with zero attached hydrogens (tertiary/aromatic N) is 1. The van der Waals surface area contributed by atoms with Gasteiger partial charge in [-0.05, 0) is 18.2 Å². The Hall–Kier alpha value is -0.540. The molecule has 0 bridgehead atoms. The molecule has 0 aromatic heterocycles. The van der Waals surface area contributed by atoms with Crippen LogP contribution in [0.25, 0.3) is 0 Å². The molecule has 0 spiro atoms. The first-order valence-corrected chi connectivity index (χ1v) is 4.03. The normalized spacial score (nSPS) is 10.7. The number of hydrogen-bond donors (Lipinski definition) is 1. The van der Waals surface area contributed by atoms with Gasteiger partial charge in [0.25, 0.3) is 0 Å². The molecule has 1 N–H and O–H groups in total. The van der Waals surface area contributed by atoms with Gasteiger partial charge in [-0.25, -0.2) is 0 Å². The average molecular weight is 234 g/mol. The van der Waals surface area contributed by atoms with Crippen molar-refractivity contribution < 1.29 is 5.21 Å². The van der Waals surface area contributed by atoms with E-state index < -0.39 is 0 Å². The summed E-state index contributed by atoms with van der Waals surface area (Å²) in [5, 5.41) is 11.7. The quantitative estimate of drug-likeness (QED) is 0.452. The molecule has 0 atom stereocenters. The van der Waals surface area contributed by atoms with Crippen LogP contribution >= 0.6 is 27.5 Å². The van der Waals surface area contributed by atoms with Crippen LogP contribution in [0.1, 0.15) is 5.56 Å². The number of halogens is 2. The van der Waals surface area contributed by atoms with Crippen molar-refractivity contribution in [3.8, 4) is 0 Å². The first-order valence-electron chi connectivity index (χ1n) is 2.86. The van der Waals surface area contributed by atoms with Crippen molar-refractivity contribution in [1.82, 2.24) is 0 Å². The van der Waals surface area contributed by atoms with E-state index in [2.05, 4.69) is 21.1 Å². The van der Waals surface area contributed by atoms with Crippen molar-refractivity contribution in [3.05, 3.63) is 33.3 Å². The Labute approximate surface area is 77.6 Å². The molecule has 0 unspecified atom stereocenters. The lowest BCUT2D eigenvalue weighted by Crippen LogP contribution is -1.82. The second kappa shape index (κ2) is 3.74. The van der Waals surface area contributed by atoms with Crippen LogP contribution in [0.5, 0.6) is 0 Å². The molecule has 0 saturated carbocycles. The Morgan fingerprint density at radius 2 is 2.27 bits per heavy atom. The van der Waals surface area contributed by atoms with Crippen LogP contribution in [0.3, 0.4) is 0 Å². The molecule has 2 nitrogen and oxygen atoms in total. The number of rotatable bonds is 1. The van der Waals surface area contributed by atoms with E-state index in [1.807, 2.05) is 6.07 Å². The molecular formula is C7H5BrClNO. The Morgan fingerprint density at radius 3 is 2.91 bits per heavy atom. The highest BCUT2D eigenvalue weighted by Gasteiger charge is 1.96. The van der Waals surface area contributed by atoms with Crippen LogP contribution in [-0.2, 0) is 0 Å². The topological polar surface area (TPSA) is 32.6 Å². The van der Waals surface area contributed by atoms with Gasteiger partial charge in [0.1, 0.15) is 0 Å². The highest BCUT2D eigenvalue weighted by molar-refractivity contribution is 9.10. The molecule has 1 rings (SSSR count). The lowest BCUT2D eigenvalue weighted by atomic mass is 10.2. The van der Waals surface area contributed by atoms with E-state index in [1.165, 1.54) is 6.21 Å². The van der Waals surface area contributed by atoms with Crippen molar-refractivity contribution in [2.24, 2.45) is 5.16 Å². The maximum absolute atomic E-state index is 8.23. The molecule has 58 valence electrons. The summed E-state index contributed by atoms with van der Waals surface area (Å²) < 4.78 is 0.900. The molecule has 11 heavy (non-hydrogen) atoms. The van der Waals surface area contributed by atoms with Crippen LogP contribution in [0, 0.1) is 0 Å². The van der Waals surface area contributed by atoms with E-state index in [0.29, 0.717) is 10.6 Å². The molecular weight excluding hydrogens is 229 g/mol. The van der Waals surface area contributed by atoms with E-state index in [4.69, 9.17) is 16.8 Å². The maximum atomic E-state index is 8.23. The predicted molar refractivity (Wildman–Crippen MR) is 48.5 cm³/mol. The number of benzene rings is 1. The second-order valence-corrected chi connectivity index (χ2v) is 3.23. The van der Waals surface area contributed by atoms with Gasteiger partial charge in [-0.15, -0.1) is 0 Å². The molecule has 0 fully saturated rings. The van der Waals surface area contributed by atoms with Gasteiger partial charge < -0.3 is 5.21 Å². The van der Waals surface area contributed by atoms with Gasteiger partial charge in [0, 0.05) is 15.1 Å². The van der Waals surface area contributed by atoms with E-state index in [-0.39, 0.29) is 0 Å². The van der Waals surface area contributed by atoms with Crippen LogP contribution < -0.4 is 0 Å². The average Bonchev–Trinajstić information content (AvgIpc) is 1.98. The first kappa shape index (κ1) is 8.56. The van der Waals surface area contributed by atoms with Gasteiger partial charge >= 0.3 is 0 Å². The minimum Gasteiger partial charge on any atom is -0.411 e. The lowest BCUT2D eigenvalue weighted by molar-refractivity contribution is 0.322. The smallest absolute Gasteiger partial charge is 0.0749 e. The monoisotopic (exact) mass is 233 g/mol. The zero-order valence-electron chi connectivity index (χ0n) is 5.46. The predicted octanol–water partition coefficient (Wildman–Crippen LogP) is 2.91.